The lowest BCUT2D eigenvalue weighted by Crippen LogP contribution is -2.47. The average Bonchev–Trinajstić information content (AvgIpc) is 3.40. The molecule has 1 unspecified atom stereocenters. The summed E-state index contributed by atoms with van der Waals surface area (Å²) in [5.41, 5.74) is 9.59. The van der Waals surface area contributed by atoms with Crippen LogP contribution in [0.1, 0.15) is 28.3 Å². The molecule has 0 bridgehead atoms. The van der Waals surface area contributed by atoms with E-state index >= 15 is 0 Å². The van der Waals surface area contributed by atoms with Crippen molar-refractivity contribution in [2.24, 2.45) is 0 Å². The van der Waals surface area contributed by atoms with Crippen LogP contribution in [0.3, 0.4) is 0 Å². The van der Waals surface area contributed by atoms with E-state index in [4.69, 9.17) is 0 Å². The molecule has 5 aromatic rings. The highest BCUT2D eigenvalue weighted by Gasteiger charge is 2.24. The van der Waals surface area contributed by atoms with Crippen LogP contribution in [-0.4, -0.2) is 73.7 Å². The first-order valence-corrected chi connectivity index (χ1v) is 16.4. The molecule has 0 radical (unpaired) electrons. The smallest absolute Gasteiger partial charge is 0.0459 e. The van der Waals surface area contributed by atoms with Gasteiger partial charge in [0.2, 0.25) is 0 Å². The van der Waals surface area contributed by atoms with Gasteiger partial charge in [-0.15, -0.1) is 0 Å². The van der Waals surface area contributed by atoms with Crippen LogP contribution in [0.2, 0.25) is 0 Å². The second-order valence-corrected chi connectivity index (χ2v) is 12.6. The third kappa shape index (κ3) is 6.54. The Kier molecular flexibility index (Phi) is 8.67. The number of aromatic nitrogens is 1. The van der Waals surface area contributed by atoms with Gasteiger partial charge in [-0.1, -0.05) is 72.8 Å². The molecule has 2 aliphatic heterocycles. The Morgan fingerprint density at radius 2 is 1.16 bits per heavy atom. The minimum atomic E-state index is 0.451. The molecule has 1 atom stereocenters. The molecule has 2 saturated heterocycles. The van der Waals surface area contributed by atoms with Gasteiger partial charge in [-0.2, -0.15) is 0 Å². The number of hydrogen-bond donors (Lipinski definition) is 1. The summed E-state index contributed by atoms with van der Waals surface area (Å²) >= 11 is 0. The molecule has 5 heteroatoms. The van der Waals surface area contributed by atoms with Crippen LogP contribution < -0.4 is 9.80 Å². The SMILES string of the molecule is Cc1[nH]c2ccc(CN3CCN(c4ccccc4)CC3)cc2c1CC(CN1CCN(c2ccccc2)CC1)c1ccccc1. The highest BCUT2D eigenvalue weighted by atomic mass is 15.3. The zero-order valence-corrected chi connectivity index (χ0v) is 26.0. The Labute approximate surface area is 262 Å². The third-order valence-corrected chi connectivity index (χ3v) is 9.78. The lowest BCUT2D eigenvalue weighted by molar-refractivity contribution is 0.241. The molecule has 1 aromatic heterocycles. The molecule has 0 saturated carbocycles. The molecule has 2 aliphatic rings. The average molecular weight is 584 g/mol. The van der Waals surface area contributed by atoms with Crippen LogP contribution in [0, 0.1) is 6.92 Å². The largest absolute Gasteiger partial charge is 0.369 e. The number of H-pyrrole nitrogens is 1. The second kappa shape index (κ2) is 13.3. The lowest BCUT2D eigenvalue weighted by Gasteiger charge is -2.38. The zero-order chi connectivity index (χ0) is 29.7. The number of rotatable bonds is 9. The Bertz CT molecular complexity index is 1620. The quantitative estimate of drug-likeness (QED) is 0.203. The molecular formula is C39H45N5. The molecule has 0 amide bonds. The molecule has 2 fully saturated rings. The van der Waals surface area contributed by atoms with E-state index in [1.165, 1.54) is 44.7 Å². The fraction of sp³-hybridized carbons (Fsp3) is 0.333. The maximum atomic E-state index is 3.73. The van der Waals surface area contributed by atoms with Gasteiger partial charge in [0, 0.05) is 99.3 Å². The number of anilines is 2. The molecule has 44 heavy (non-hydrogen) atoms. The summed E-state index contributed by atoms with van der Waals surface area (Å²) in [5, 5.41) is 1.40. The number of benzene rings is 4. The fourth-order valence-electron chi connectivity index (χ4n) is 7.25. The highest BCUT2D eigenvalue weighted by molar-refractivity contribution is 5.85. The molecule has 226 valence electrons. The van der Waals surface area contributed by atoms with Crippen molar-refractivity contribution in [2.75, 3.05) is 68.7 Å². The van der Waals surface area contributed by atoms with E-state index in [1.807, 2.05) is 0 Å². The fourth-order valence-corrected chi connectivity index (χ4v) is 7.25. The second-order valence-electron chi connectivity index (χ2n) is 12.6. The summed E-state index contributed by atoms with van der Waals surface area (Å²) in [6, 6.07) is 40.0. The van der Waals surface area contributed by atoms with Gasteiger partial charge in [-0.3, -0.25) is 9.80 Å². The van der Waals surface area contributed by atoms with Gasteiger partial charge in [0.05, 0.1) is 0 Å². The highest BCUT2D eigenvalue weighted by Crippen LogP contribution is 2.31. The van der Waals surface area contributed by atoms with E-state index in [2.05, 4.69) is 141 Å². The number of para-hydroxylation sites is 2. The predicted molar refractivity (Wildman–Crippen MR) is 185 cm³/mol. The summed E-state index contributed by atoms with van der Waals surface area (Å²) in [5.74, 6) is 0.451. The van der Waals surface area contributed by atoms with Gasteiger partial charge >= 0.3 is 0 Å². The monoisotopic (exact) mass is 583 g/mol. The van der Waals surface area contributed by atoms with Gasteiger partial charge in [-0.25, -0.2) is 0 Å². The Balaban J connectivity index is 1.05. The van der Waals surface area contributed by atoms with E-state index in [9.17, 15) is 0 Å². The summed E-state index contributed by atoms with van der Waals surface area (Å²) in [7, 11) is 0. The van der Waals surface area contributed by atoms with Crippen LogP contribution in [0.5, 0.6) is 0 Å². The van der Waals surface area contributed by atoms with Crippen molar-refractivity contribution in [3.8, 4) is 0 Å². The first-order chi connectivity index (χ1) is 21.7. The number of aryl methyl sites for hydroxylation is 1. The van der Waals surface area contributed by atoms with Crippen LogP contribution in [0.25, 0.3) is 10.9 Å². The molecule has 4 aromatic carbocycles. The Morgan fingerprint density at radius 1 is 0.614 bits per heavy atom. The number of aromatic amines is 1. The standard InChI is InChI=1S/C39H45N5/c1-31-37(28-34(33-11-5-2-6-12-33)30-42-21-25-44(26-22-42)36-15-9-4-10-16-36)38-27-32(17-18-39(38)40-31)29-41-19-23-43(24-20-41)35-13-7-3-8-14-35/h2-18,27,34,40H,19-26,28-30H2,1H3. The van der Waals surface area contributed by atoms with Crippen LogP contribution >= 0.6 is 0 Å². The van der Waals surface area contributed by atoms with Crippen LogP contribution in [0.4, 0.5) is 11.4 Å². The van der Waals surface area contributed by atoms with E-state index in [0.717, 1.165) is 71.9 Å². The zero-order valence-electron chi connectivity index (χ0n) is 26.0. The van der Waals surface area contributed by atoms with E-state index in [0.29, 0.717) is 5.92 Å². The summed E-state index contributed by atoms with van der Waals surface area (Å²) in [6.07, 6.45) is 1.05. The van der Waals surface area contributed by atoms with Crippen molar-refractivity contribution < 1.29 is 0 Å². The maximum Gasteiger partial charge on any atom is 0.0459 e. The van der Waals surface area contributed by atoms with Gasteiger partial charge in [0.25, 0.3) is 0 Å². The molecule has 0 spiro atoms. The van der Waals surface area contributed by atoms with Crippen molar-refractivity contribution >= 4 is 22.3 Å². The van der Waals surface area contributed by atoms with E-state index < -0.39 is 0 Å². The van der Waals surface area contributed by atoms with Gasteiger partial charge < -0.3 is 14.8 Å². The first-order valence-electron chi connectivity index (χ1n) is 16.4. The van der Waals surface area contributed by atoms with Crippen LogP contribution in [0.15, 0.2) is 109 Å². The molecule has 1 N–H and O–H groups in total. The van der Waals surface area contributed by atoms with Crippen molar-refractivity contribution in [3.05, 3.63) is 132 Å². The number of piperazine rings is 2. The number of nitrogens with one attached hydrogen (secondary N) is 1. The number of hydrogen-bond acceptors (Lipinski definition) is 4. The first kappa shape index (κ1) is 28.7. The third-order valence-electron chi connectivity index (χ3n) is 9.78. The van der Waals surface area contributed by atoms with Crippen LogP contribution in [-0.2, 0) is 13.0 Å². The summed E-state index contributed by atoms with van der Waals surface area (Å²) in [4.78, 5) is 14.1. The number of fused-ring (bicyclic) bond motifs is 1. The maximum absolute atomic E-state index is 3.73. The van der Waals surface area contributed by atoms with Gasteiger partial charge in [0.15, 0.2) is 0 Å². The van der Waals surface area contributed by atoms with E-state index in [1.54, 1.807) is 0 Å². The normalized spacial score (nSPS) is 17.3. The minimum Gasteiger partial charge on any atom is -0.369 e. The topological polar surface area (TPSA) is 28.8 Å². The van der Waals surface area contributed by atoms with Crippen molar-refractivity contribution in [3.63, 3.8) is 0 Å². The minimum absolute atomic E-state index is 0.451. The van der Waals surface area contributed by atoms with Gasteiger partial charge in [-0.05, 0) is 66.4 Å². The van der Waals surface area contributed by atoms with E-state index in [-0.39, 0.29) is 0 Å². The molecule has 7 rings (SSSR count). The Morgan fingerprint density at radius 3 is 1.75 bits per heavy atom. The number of nitrogens with zero attached hydrogens (tertiary/aromatic N) is 4. The molecule has 5 nitrogen and oxygen atoms in total. The predicted octanol–water partition coefficient (Wildman–Crippen LogP) is 6.95. The molecule has 3 heterocycles. The molecular weight excluding hydrogens is 538 g/mol. The summed E-state index contributed by atoms with van der Waals surface area (Å²) in [6.45, 7) is 13.1. The van der Waals surface area contributed by atoms with Crippen molar-refractivity contribution in [2.45, 2.75) is 25.8 Å². The molecule has 0 aliphatic carbocycles. The lowest BCUT2D eigenvalue weighted by atomic mass is 9.89. The Hall–Kier alpha value is -4.06. The van der Waals surface area contributed by atoms with Crippen molar-refractivity contribution in [1.82, 2.24) is 14.8 Å². The summed E-state index contributed by atoms with van der Waals surface area (Å²) < 4.78 is 0. The van der Waals surface area contributed by atoms with Crippen molar-refractivity contribution in [1.29, 1.82) is 0 Å². The van der Waals surface area contributed by atoms with Gasteiger partial charge in [0.1, 0.15) is 0 Å².